The second-order valence-electron chi connectivity index (χ2n) is 4.33. The molecule has 0 aliphatic rings. The van der Waals surface area contributed by atoms with Gasteiger partial charge in [0.25, 0.3) is 0 Å². The number of hydrogen-bond acceptors (Lipinski definition) is 3. The molecule has 0 saturated heterocycles. The minimum atomic E-state index is -0.725. The molecular weight excluding hydrogens is 312 g/mol. The van der Waals surface area contributed by atoms with Gasteiger partial charge in [-0.1, -0.05) is 6.07 Å². The molecular formula is C13H17BrN2O3. The van der Waals surface area contributed by atoms with E-state index in [-0.39, 0.29) is 6.54 Å². The highest BCUT2D eigenvalue weighted by atomic mass is 79.9. The van der Waals surface area contributed by atoms with Crippen LogP contribution in [-0.4, -0.2) is 29.6 Å². The maximum absolute atomic E-state index is 11.6. The van der Waals surface area contributed by atoms with Crippen molar-refractivity contribution in [2.24, 2.45) is 0 Å². The van der Waals surface area contributed by atoms with Crippen molar-refractivity contribution in [1.82, 2.24) is 5.32 Å². The molecule has 0 saturated carbocycles. The second kappa shape index (κ2) is 7.25. The van der Waals surface area contributed by atoms with Crippen LogP contribution in [0.25, 0.3) is 0 Å². The Morgan fingerprint density at radius 2 is 2.05 bits per heavy atom. The molecule has 0 aliphatic heterocycles. The Hall–Kier alpha value is -1.40. The van der Waals surface area contributed by atoms with E-state index in [0.29, 0.717) is 16.6 Å². The first-order valence-corrected chi connectivity index (χ1v) is 6.73. The number of aliphatic hydroxyl groups is 1. The van der Waals surface area contributed by atoms with Gasteiger partial charge >= 0.3 is 11.8 Å². The molecule has 0 fully saturated rings. The van der Waals surface area contributed by atoms with Crippen molar-refractivity contribution in [3.8, 4) is 0 Å². The predicted molar refractivity (Wildman–Crippen MR) is 76.8 cm³/mol. The van der Waals surface area contributed by atoms with E-state index >= 15 is 0 Å². The molecule has 19 heavy (non-hydrogen) atoms. The van der Waals surface area contributed by atoms with Crippen molar-refractivity contribution < 1.29 is 14.7 Å². The molecule has 0 heterocycles. The smallest absolute Gasteiger partial charge is 0.313 e. The first-order valence-electron chi connectivity index (χ1n) is 5.93. The van der Waals surface area contributed by atoms with Crippen LogP contribution in [0, 0.1) is 6.92 Å². The van der Waals surface area contributed by atoms with Crippen molar-refractivity contribution in [2.45, 2.75) is 26.4 Å². The summed E-state index contributed by atoms with van der Waals surface area (Å²) in [5.74, 6) is -1.44. The number of amides is 2. The van der Waals surface area contributed by atoms with Gasteiger partial charge in [-0.3, -0.25) is 9.59 Å². The van der Waals surface area contributed by atoms with Crippen LogP contribution in [0.4, 0.5) is 5.69 Å². The third kappa shape index (κ3) is 5.40. The number of rotatable bonds is 4. The number of carbonyl (C=O) groups excluding carboxylic acids is 2. The predicted octanol–water partition coefficient (Wildman–Crippen LogP) is 1.58. The summed E-state index contributed by atoms with van der Waals surface area (Å²) in [5, 5.41) is 14.0. The fraction of sp³-hybridized carbons (Fsp3) is 0.385. The van der Waals surface area contributed by atoms with Crippen molar-refractivity contribution in [3.05, 3.63) is 28.2 Å². The van der Waals surface area contributed by atoms with Crippen LogP contribution < -0.4 is 10.6 Å². The minimum absolute atomic E-state index is 0.263. The molecule has 0 aliphatic carbocycles. The normalized spacial score (nSPS) is 11.8. The quantitative estimate of drug-likeness (QED) is 0.734. The third-order valence-electron chi connectivity index (χ3n) is 2.42. The van der Waals surface area contributed by atoms with Gasteiger partial charge in [-0.15, -0.1) is 0 Å². The Morgan fingerprint density at radius 3 is 2.68 bits per heavy atom. The highest BCUT2D eigenvalue weighted by molar-refractivity contribution is 9.10. The number of aliphatic hydroxyl groups excluding tert-OH is 1. The minimum Gasteiger partial charge on any atom is -0.393 e. The Labute approximate surface area is 120 Å². The van der Waals surface area contributed by atoms with Gasteiger partial charge in [0, 0.05) is 11.0 Å². The summed E-state index contributed by atoms with van der Waals surface area (Å²) in [5.41, 5.74) is 1.53. The maximum Gasteiger partial charge on any atom is 0.313 e. The summed E-state index contributed by atoms with van der Waals surface area (Å²) < 4.78 is 0.711. The van der Waals surface area contributed by atoms with Gasteiger partial charge in [0.2, 0.25) is 0 Å². The molecule has 0 spiro atoms. The third-order valence-corrected chi connectivity index (χ3v) is 3.12. The van der Waals surface area contributed by atoms with Crippen LogP contribution >= 0.6 is 15.9 Å². The lowest BCUT2D eigenvalue weighted by atomic mass is 10.2. The molecule has 1 aromatic rings. The van der Waals surface area contributed by atoms with Gasteiger partial charge in [-0.25, -0.2) is 0 Å². The van der Waals surface area contributed by atoms with Crippen LogP contribution in [-0.2, 0) is 9.59 Å². The van der Waals surface area contributed by atoms with E-state index in [2.05, 4.69) is 26.6 Å². The van der Waals surface area contributed by atoms with Crippen LogP contribution in [0.15, 0.2) is 22.7 Å². The number of aryl methyl sites for hydroxylation is 1. The average Bonchev–Trinajstić information content (AvgIpc) is 2.33. The summed E-state index contributed by atoms with van der Waals surface area (Å²) in [6, 6.07) is 5.46. The van der Waals surface area contributed by atoms with Gasteiger partial charge in [0.05, 0.1) is 11.8 Å². The topological polar surface area (TPSA) is 78.4 Å². The average molecular weight is 329 g/mol. The first kappa shape index (κ1) is 15.7. The lowest BCUT2D eigenvalue weighted by Crippen LogP contribution is -2.36. The number of benzene rings is 1. The molecule has 6 heteroatoms. The lowest BCUT2D eigenvalue weighted by Gasteiger charge is -2.09. The molecule has 5 nitrogen and oxygen atoms in total. The van der Waals surface area contributed by atoms with E-state index in [1.54, 1.807) is 19.1 Å². The summed E-state index contributed by atoms with van der Waals surface area (Å²) >= 11 is 3.30. The van der Waals surface area contributed by atoms with E-state index < -0.39 is 17.9 Å². The highest BCUT2D eigenvalue weighted by Gasteiger charge is 2.14. The zero-order valence-corrected chi connectivity index (χ0v) is 12.5. The zero-order valence-electron chi connectivity index (χ0n) is 10.9. The second-order valence-corrected chi connectivity index (χ2v) is 5.19. The van der Waals surface area contributed by atoms with Crippen LogP contribution in [0.3, 0.4) is 0 Å². The number of halogens is 1. The molecule has 1 atom stereocenters. The number of carbonyl (C=O) groups is 2. The van der Waals surface area contributed by atoms with E-state index in [0.717, 1.165) is 5.56 Å². The maximum atomic E-state index is 11.6. The van der Waals surface area contributed by atoms with E-state index in [1.165, 1.54) is 0 Å². The number of nitrogens with one attached hydrogen (secondary N) is 2. The molecule has 0 bridgehead atoms. The van der Waals surface area contributed by atoms with E-state index in [4.69, 9.17) is 5.11 Å². The van der Waals surface area contributed by atoms with Gasteiger partial charge in [0.1, 0.15) is 0 Å². The number of anilines is 1. The summed E-state index contributed by atoms with van der Waals surface area (Å²) in [7, 11) is 0. The molecule has 1 aromatic carbocycles. The Morgan fingerprint density at radius 1 is 1.37 bits per heavy atom. The number of hydrogen-bond donors (Lipinski definition) is 3. The van der Waals surface area contributed by atoms with Crippen LogP contribution in [0.1, 0.15) is 18.9 Å². The zero-order chi connectivity index (χ0) is 14.4. The van der Waals surface area contributed by atoms with Gasteiger partial charge < -0.3 is 15.7 Å². The molecule has 3 N–H and O–H groups in total. The Balaban J connectivity index is 2.54. The van der Waals surface area contributed by atoms with Crippen molar-refractivity contribution in [1.29, 1.82) is 0 Å². The van der Waals surface area contributed by atoms with Crippen LogP contribution in [0.2, 0.25) is 0 Å². The molecule has 0 radical (unpaired) electrons. The SMILES string of the molecule is Cc1ccc(Br)c(NC(=O)C(=O)NCCC(C)O)c1. The Bertz CT molecular complexity index is 475. The summed E-state index contributed by atoms with van der Waals surface area (Å²) in [6.07, 6.45) is -0.0954. The summed E-state index contributed by atoms with van der Waals surface area (Å²) in [6.45, 7) is 3.78. The van der Waals surface area contributed by atoms with Crippen molar-refractivity contribution in [2.75, 3.05) is 11.9 Å². The Kier molecular flexibility index (Phi) is 5.98. The van der Waals surface area contributed by atoms with Crippen molar-refractivity contribution in [3.63, 3.8) is 0 Å². The molecule has 104 valence electrons. The molecule has 1 unspecified atom stereocenters. The molecule has 1 rings (SSSR count). The lowest BCUT2D eigenvalue weighted by molar-refractivity contribution is -0.136. The van der Waals surface area contributed by atoms with Gasteiger partial charge in [0.15, 0.2) is 0 Å². The van der Waals surface area contributed by atoms with Gasteiger partial charge in [-0.2, -0.15) is 0 Å². The van der Waals surface area contributed by atoms with Gasteiger partial charge in [-0.05, 0) is 53.9 Å². The van der Waals surface area contributed by atoms with E-state index in [1.807, 2.05) is 13.0 Å². The van der Waals surface area contributed by atoms with Crippen molar-refractivity contribution >= 4 is 33.4 Å². The highest BCUT2D eigenvalue weighted by Crippen LogP contribution is 2.23. The molecule has 2 amide bonds. The monoisotopic (exact) mass is 328 g/mol. The first-order chi connectivity index (χ1) is 8.90. The van der Waals surface area contributed by atoms with Crippen LogP contribution in [0.5, 0.6) is 0 Å². The molecule has 0 aromatic heterocycles. The summed E-state index contributed by atoms with van der Waals surface area (Å²) in [4.78, 5) is 23.2. The fourth-order valence-electron chi connectivity index (χ4n) is 1.39. The largest absolute Gasteiger partial charge is 0.393 e. The fourth-order valence-corrected chi connectivity index (χ4v) is 1.73. The van der Waals surface area contributed by atoms with E-state index in [9.17, 15) is 9.59 Å². The standard InChI is InChI=1S/C13H17BrN2O3/c1-8-3-4-10(14)11(7-8)16-13(19)12(18)15-6-5-9(2)17/h3-4,7,9,17H,5-6H2,1-2H3,(H,15,18)(H,16,19).